The van der Waals surface area contributed by atoms with Crippen molar-refractivity contribution in [3.05, 3.63) is 20.8 Å². The lowest BCUT2D eigenvalue weighted by Gasteiger charge is -1.93. The Kier molecular flexibility index (Phi) is 2.89. The summed E-state index contributed by atoms with van der Waals surface area (Å²) >= 11 is 4.87. The summed E-state index contributed by atoms with van der Waals surface area (Å²) < 4.78 is 5.56. The van der Waals surface area contributed by atoms with E-state index < -0.39 is 0 Å². The molecule has 0 saturated carbocycles. The molecule has 4 heteroatoms. The van der Waals surface area contributed by atoms with E-state index in [1.54, 1.807) is 11.3 Å². The van der Waals surface area contributed by atoms with Crippen molar-refractivity contribution in [3.63, 3.8) is 0 Å². The summed E-state index contributed by atoms with van der Waals surface area (Å²) in [6, 6.07) is 1.92. The Labute approximate surface area is 70.9 Å². The lowest BCUT2D eigenvalue weighted by molar-refractivity contribution is -0.129. The molecule has 0 amide bonds. The first-order valence-electron chi connectivity index (χ1n) is 2.61. The van der Waals surface area contributed by atoms with Gasteiger partial charge < -0.3 is 4.74 Å². The predicted molar refractivity (Wildman–Crippen MR) is 42.9 cm³/mol. The molecule has 0 N–H and O–H groups in total. The quantitative estimate of drug-likeness (QED) is 0.731. The van der Waals surface area contributed by atoms with Gasteiger partial charge in [-0.3, -0.25) is 4.79 Å². The molecule has 2 nitrogen and oxygen atoms in total. The van der Waals surface area contributed by atoms with Crippen LogP contribution in [0.5, 0.6) is 0 Å². The summed E-state index contributed by atoms with van der Waals surface area (Å²) in [6.07, 6.45) is 0. The lowest BCUT2D eigenvalue weighted by atomic mass is 10.5. The molecule has 0 fully saturated rings. The van der Waals surface area contributed by atoms with Crippen molar-refractivity contribution in [3.8, 4) is 0 Å². The molecule has 54 valence electrons. The maximum Gasteiger partial charge on any atom is 0.293 e. The predicted octanol–water partition coefficient (Wildman–Crippen LogP) is 2.18. The molecule has 0 saturated heterocycles. The second-order valence-corrected chi connectivity index (χ2v) is 3.45. The summed E-state index contributed by atoms with van der Waals surface area (Å²) in [4.78, 5) is 10.8. The van der Waals surface area contributed by atoms with Crippen LogP contribution in [0.2, 0.25) is 0 Å². The van der Waals surface area contributed by atoms with Gasteiger partial charge >= 0.3 is 0 Å². The Morgan fingerprint density at radius 2 is 2.60 bits per heavy atom. The first-order chi connectivity index (χ1) is 4.84. The van der Waals surface area contributed by atoms with Gasteiger partial charge in [-0.2, -0.15) is 0 Å². The van der Waals surface area contributed by atoms with Crippen LogP contribution in [0.4, 0.5) is 0 Å². The second kappa shape index (κ2) is 3.73. The summed E-state index contributed by atoms with van der Waals surface area (Å²) in [5, 5.41) is 1.94. The monoisotopic (exact) mass is 220 g/mol. The van der Waals surface area contributed by atoms with Gasteiger partial charge in [-0.15, -0.1) is 11.3 Å². The van der Waals surface area contributed by atoms with E-state index in [1.807, 2.05) is 11.4 Å². The highest BCUT2D eigenvalue weighted by atomic mass is 79.9. The Morgan fingerprint density at radius 3 is 3.10 bits per heavy atom. The minimum Gasteiger partial charge on any atom is -0.462 e. The molecule has 0 aliphatic carbocycles. The zero-order valence-corrected chi connectivity index (χ0v) is 7.44. The van der Waals surface area contributed by atoms with Gasteiger partial charge in [-0.1, -0.05) is 0 Å². The first-order valence-corrected chi connectivity index (χ1v) is 4.29. The Hall–Kier alpha value is -0.350. The van der Waals surface area contributed by atoms with Crippen molar-refractivity contribution in [2.75, 3.05) is 0 Å². The standard InChI is InChI=1S/C6H5BrO2S/c7-5-1-2-10-6(5)3-9-4-8/h1-2,4H,3H2. The van der Waals surface area contributed by atoms with Crippen LogP contribution in [0.15, 0.2) is 15.9 Å². The molecule has 1 rings (SSSR count). The molecule has 0 spiro atoms. The smallest absolute Gasteiger partial charge is 0.293 e. The number of hydrogen-bond acceptors (Lipinski definition) is 3. The topological polar surface area (TPSA) is 26.3 Å². The Balaban J connectivity index is 2.56. The molecule has 0 unspecified atom stereocenters. The van der Waals surface area contributed by atoms with Crippen molar-refractivity contribution >= 4 is 33.7 Å². The Bertz CT molecular complexity index is 221. The number of carbonyl (C=O) groups excluding carboxylic acids is 1. The van der Waals surface area contributed by atoms with Crippen LogP contribution < -0.4 is 0 Å². The minimum atomic E-state index is 0.363. The highest BCUT2D eigenvalue weighted by Crippen LogP contribution is 2.22. The second-order valence-electron chi connectivity index (χ2n) is 1.60. The van der Waals surface area contributed by atoms with Gasteiger partial charge in [0.15, 0.2) is 0 Å². The van der Waals surface area contributed by atoms with E-state index in [9.17, 15) is 4.79 Å². The molecular weight excluding hydrogens is 216 g/mol. The van der Waals surface area contributed by atoms with E-state index in [-0.39, 0.29) is 0 Å². The first kappa shape index (κ1) is 7.75. The van der Waals surface area contributed by atoms with Crippen molar-refractivity contribution < 1.29 is 9.53 Å². The summed E-state index contributed by atoms with van der Waals surface area (Å²) in [5.74, 6) is 0. The van der Waals surface area contributed by atoms with Crippen molar-refractivity contribution in [1.82, 2.24) is 0 Å². The average Bonchev–Trinajstić information content (AvgIpc) is 2.31. The third kappa shape index (κ3) is 1.82. The van der Waals surface area contributed by atoms with E-state index >= 15 is 0 Å². The zero-order chi connectivity index (χ0) is 7.40. The van der Waals surface area contributed by atoms with Crippen LogP contribution in [-0.2, 0) is 16.1 Å². The molecule has 1 aromatic heterocycles. The maximum absolute atomic E-state index is 9.78. The number of thiophene rings is 1. The SMILES string of the molecule is O=COCc1sccc1Br. The zero-order valence-electron chi connectivity index (χ0n) is 5.04. The van der Waals surface area contributed by atoms with Crippen molar-refractivity contribution in [2.45, 2.75) is 6.61 Å². The number of halogens is 1. The van der Waals surface area contributed by atoms with Gasteiger partial charge in [0.2, 0.25) is 0 Å². The number of hydrogen-bond donors (Lipinski definition) is 0. The number of carbonyl (C=O) groups is 1. The lowest BCUT2D eigenvalue weighted by Crippen LogP contribution is -1.86. The summed E-state index contributed by atoms with van der Waals surface area (Å²) in [6.45, 7) is 0.813. The third-order valence-electron chi connectivity index (χ3n) is 0.974. The van der Waals surface area contributed by atoms with Crippen LogP contribution in [0, 0.1) is 0 Å². The van der Waals surface area contributed by atoms with Crippen LogP contribution in [0.3, 0.4) is 0 Å². The summed E-state index contributed by atoms with van der Waals surface area (Å²) in [5.41, 5.74) is 0. The van der Waals surface area contributed by atoms with E-state index in [1.165, 1.54) is 0 Å². The highest BCUT2D eigenvalue weighted by Gasteiger charge is 1.99. The molecule has 0 aromatic carbocycles. The fourth-order valence-corrected chi connectivity index (χ4v) is 1.92. The van der Waals surface area contributed by atoms with Crippen molar-refractivity contribution in [2.24, 2.45) is 0 Å². The third-order valence-corrected chi connectivity index (χ3v) is 2.87. The average molecular weight is 221 g/mol. The normalized spacial score (nSPS) is 9.30. The van der Waals surface area contributed by atoms with Crippen LogP contribution in [0.25, 0.3) is 0 Å². The van der Waals surface area contributed by atoms with E-state index in [4.69, 9.17) is 0 Å². The van der Waals surface area contributed by atoms with Gasteiger partial charge in [0, 0.05) is 4.47 Å². The van der Waals surface area contributed by atoms with E-state index in [0.29, 0.717) is 13.1 Å². The van der Waals surface area contributed by atoms with E-state index in [2.05, 4.69) is 20.7 Å². The van der Waals surface area contributed by atoms with Crippen LogP contribution >= 0.6 is 27.3 Å². The number of ether oxygens (including phenoxy) is 1. The largest absolute Gasteiger partial charge is 0.462 e. The van der Waals surface area contributed by atoms with Gasteiger partial charge in [-0.05, 0) is 27.4 Å². The van der Waals surface area contributed by atoms with Crippen LogP contribution in [-0.4, -0.2) is 6.47 Å². The highest BCUT2D eigenvalue weighted by molar-refractivity contribution is 9.10. The van der Waals surface area contributed by atoms with Gasteiger partial charge in [-0.25, -0.2) is 0 Å². The molecule has 0 aliphatic rings. The molecule has 0 aliphatic heterocycles. The summed E-state index contributed by atoms with van der Waals surface area (Å²) in [7, 11) is 0. The van der Waals surface area contributed by atoms with Crippen LogP contribution in [0.1, 0.15) is 4.88 Å². The molecular formula is C6H5BrO2S. The Morgan fingerprint density at radius 1 is 1.80 bits per heavy atom. The molecule has 0 bridgehead atoms. The molecule has 0 atom stereocenters. The fourth-order valence-electron chi connectivity index (χ4n) is 0.538. The molecule has 10 heavy (non-hydrogen) atoms. The molecule has 0 radical (unpaired) electrons. The van der Waals surface area contributed by atoms with Gasteiger partial charge in [0.05, 0.1) is 4.88 Å². The van der Waals surface area contributed by atoms with Gasteiger partial charge in [0.25, 0.3) is 6.47 Å². The van der Waals surface area contributed by atoms with Crippen molar-refractivity contribution in [1.29, 1.82) is 0 Å². The number of rotatable bonds is 3. The molecule has 1 heterocycles. The molecule has 1 aromatic rings. The minimum absolute atomic E-state index is 0.363. The van der Waals surface area contributed by atoms with E-state index in [0.717, 1.165) is 9.35 Å². The fraction of sp³-hybridized carbons (Fsp3) is 0.167. The maximum atomic E-state index is 9.78. The van der Waals surface area contributed by atoms with Gasteiger partial charge in [0.1, 0.15) is 6.61 Å².